The maximum atomic E-state index is 12.7. The first-order chi connectivity index (χ1) is 14.5. The van der Waals surface area contributed by atoms with Gasteiger partial charge in [0.05, 0.1) is 17.2 Å². The van der Waals surface area contributed by atoms with Crippen LogP contribution in [0.2, 0.25) is 0 Å². The first kappa shape index (κ1) is 18.8. The first-order valence-corrected chi connectivity index (χ1v) is 10.5. The number of hydrogen-bond donors (Lipinski definition) is 0. The van der Waals surface area contributed by atoms with Gasteiger partial charge in [0.15, 0.2) is 5.69 Å². The minimum absolute atomic E-state index is 0.0188. The molecule has 0 unspecified atom stereocenters. The smallest absolute Gasteiger partial charge is 0.274 e. The zero-order chi connectivity index (χ0) is 20.8. The minimum atomic E-state index is -0.0188. The fourth-order valence-corrected chi connectivity index (χ4v) is 4.05. The molecule has 3 heterocycles. The van der Waals surface area contributed by atoms with Crippen LogP contribution in [-0.2, 0) is 13.6 Å². The van der Waals surface area contributed by atoms with E-state index in [0.29, 0.717) is 30.1 Å². The quantitative estimate of drug-likeness (QED) is 0.661. The fraction of sp³-hybridized carbons (Fsp3) is 0.455. The van der Waals surface area contributed by atoms with E-state index < -0.39 is 0 Å². The number of hydrogen-bond acceptors (Lipinski definition) is 5. The van der Waals surface area contributed by atoms with Gasteiger partial charge in [-0.25, -0.2) is 4.98 Å². The molecule has 0 radical (unpaired) electrons. The molecule has 156 valence electrons. The van der Waals surface area contributed by atoms with Crippen LogP contribution in [0.15, 0.2) is 35.4 Å². The SMILES string of the molecule is Cc1cc(C(=O)N2CCN(c3ccc4c(=O)n(CC5CC5)cnc4c3)CC2)nn1C. The molecule has 0 N–H and O–H groups in total. The first-order valence-electron chi connectivity index (χ1n) is 10.5. The zero-order valence-corrected chi connectivity index (χ0v) is 17.4. The molecule has 8 nitrogen and oxygen atoms in total. The Balaban J connectivity index is 1.29. The monoisotopic (exact) mass is 406 g/mol. The number of aryl methyl sites for hydroxylation is 2. The minimum Gasteiger partial charge on any atom is -0.368 e. The number of anilines is 1. The van der Waals surface area contributed by atoms with Crippen molar-refractivity contribution < 1.29 is 4.79 Å². The molecule has 5 rings (SSSR count). The molecule has 3 aromatic rings. The highest BCUT2D eigenvalue weighted by Crippen LogP contribution is 2.30. The van der Waals surface area contributed by atoms with E-state index >= 15 is 0 Å². The van der Waals surface area contributed by atoms with Gasteiger partial charge in [-0.2, -0.15) is 5.10 Å². The van der Waals surface area contributed by atoms with Crippen molar-refractivity contribution in [2.75, 3.05) is 31.1 Å². The lowest BCUT2D eigenvalue weighted by Crippen LogP contribution is -2.49. The molecular weight excluding hydrogens is 380 g/mol. The van der Waals surface area contributed by atoms with Gasteiger partial charge < -0.3 is 9.80 Å². The van der Waals surface area contributed by atoms with Crippen LogP contribution >= 0.6 is 0 Å². The molecule has 2 aromatic heterocycles. The van der Waals surface area contributed by atoms with Crippen LogP contribution in [0.3, 0.4) is 0 Å². The van der Waals surface area contributed by atoms with Crippen molar-refractivity contribution >= 4 is 22.5 Å². The third kappa shape index (κ3) is 3.46. The van der Waals surface area contributed by atoms with Gasteiger partial charge in [-0.05, 0) is 49.9 Å². The number of fused-ring (bicyclic) bond motifs is 1. The molecule has 1 saturated heterocycles. The number of carbonyl (C=O) groups excluding carboxylic acids is 1. The Morgan fingerprint density at radius 1 is 1.13 bits per heavy atom. The predicted molar refractivity (Wildman–Crippen MR) is 115 cm³/mol. The van der Waals surface area contributed by atoms with Crippen molar-refractivity contribution in [2.24, 2.45) is 13.0 Å². The second kappa shape index (κ2) is 7.27. The Hall–Kier alpha value is -3.16. The third-order valence-electron chi connectivity index (χ3n) is 6.23. The summed E-state index contributed by atoms with van der Waals surface area (Å²) in [4.78, 5) is 34.1. The van der Waals surface area contributed by atoms with Gasteiger partial charge in [-0.3, -0.25) is 18.8 Å². The van der Waals surface area contributed by atoms with Crippen LogP contribution in [0.5, 0.6) is 0 Å². The fourth-order valence-electron chi connectivity index (χ4n) is 4.05. The second-order valence-corrected chi connectivity index (χ2v) is 8.42. The van der Waals surface area contributed by atoms with Crippen molar-refractivity contribution in [3.05, 3.63) is 52.3 Å². The van der Waals surface area contributed by atoms with Crippen molar-refractivity contribution in [3.63, 3.8) is 0 Å². The lowest BCUT2D eigenvalue weighted by Gasteiger charge is -2.35. The highest BCUT2D eigenvalue weighted by atomic mass is 16.2. The topological polar surface area (TPSA) is 76.3 Å². The van der Waals surface area contributed by atoms with Crippen LogP contribution in [-0.4, -0.2) is 56.3 Å². The van der Waals surface area contributed by atoms with Gasteiger partial charge >= 0.3 is 0 Å². The van der Waals surface area contributed by atoms with Crippen LogP contribution in [0.4, 0.5) is 5.69 Å². The average molecular weight is 406 g/mol. The molecule has 0 atom stereocenters. The molecule has 0 spiro atoms. The third-order valence-corrected chi connectivity index (χ3v) is 6.23. The summed E-state index contributed by atoms with van der Waals surface area (Å²) in [5.74, 6) is 0.616. The van der Waals surface area contributed by atoms with Gasteiger partial charge in [0.25, 0.3) is 11.5 Å². The normalized spacial score (nSPS) is 17.0. The molecule has 1 aromatic carbocycles. The van der Waals surface area contributed by atoms with Gasteiger partial charge in [-0.15, -0.1) is 0 Å². The predicted octanol–water partition coefficient (Wildman–Crippen LogP) is 1.81. The number of aromatic nitrogens is 4. The van der Waals surface area contributed by atoms with Crippen molar-refractivity contribution in [3.8, 4) is 0 Å². The van der Waals surface area contributed by atoms with Crippen LogP contribution in [0.1, 0.15) is 29.0 Å². The Labute approximate surface area is 174 Å². The zero-order valence-electron chi connectivity index (χ0n) is 17.4. The van der Waals surface area contributed by atoms with E-state index in [1.807, 2.05) is 43.1 Å². The molecule has 1 saturated carbocycles. The number of piperazine rings is 1. The number of amides is 1. The van der Waals surface area contributed by atoms with Gasteiger partial charge in [0.1, 0.15) is 0 Å². The molecule has 2 aliphatic rings. The van der Waals surface area contributed by atoms with E-state index in [2.05, 4.69) is 15.0 Å². The Kier molecular flexibility index (Phi) is 4.56. The van der Waals surface area contributed by atoms with Crippen molar-refractivity contribution in [1.29, 1.82) is 0 Å². The molecule has 0 bridgehead atoms. The number of rotatable bonds is 4. The number of carbonyl (C=O) groups is 1. The Morgan fingerprint density at radius 3 is 2.57 bits per heavy atom. The largest absolute Gasteiger partial charge is 0.368 e. The second-order valence-electron chi connectivity index (χ2n) is 8.42. The summed E-state index contributed by atoms with van der Waals surface area (Å²) in [6.07, 6.45) is 4.09. The summed E-state index contributed by atoms with van der Waals surface area (Å²) in [6.45, 7) is 5.47. The van der Waals surface area contributed by atoms with Crippen LogP contribution in [0.25, 0.3) is 10.9 Å². The summed E-state index contributed by atoms with van der Waals surface area (Å²) in [5.41, 5.74) is 3.28. The Bertz CT molecular complexity index is 1150. The van der Waals surface area contributed by atoms with E-state index in [9.17, 15) is 9.59 Å². The van der Waals surface area contributed by atoms with Gasteiger partial charge in [0, 0.05) is 51.2 Å². The molecule has 1 aliphatic heterocycles. The highest BCUT2D eigenvalue weighted by molar-refractivity contribution is 5.92. The van der Waals surface area contributed by atoms with E-state index in [1.54, 1.807) is 15.6 Å². The van der Waals surface area contributed by atoms with E-state index in [1.165, 1.54) is 12.8 Å². The lowest BCUT2D eigenvalue weighted by molar-refractivity contribution is 0.0740. The molecule has 1 amide bonds. The van der Waals surface area contributed by atoms with E-state index in [4.69, 9.17) is 0 Å². The summed E-state index contributed by atoms with van der Waals surface area (Å²) in [7, 11) is 1.85. The average Bonchev–Trinajstić information content (AvgIpc) is 3.52. The summed E-state index contributed by atoms with van der Waals surface area (Å²) in [6, 6.07) is 7.70. The highest BCUT2D eigenvalue weighted by Gasteiger charge is 2.25. The molecule has 1 aliphatic carbocycles. The molecular formula is C22H26N6O2. The van der Waals surface area contributed by atoms with Gasteiger partial charge in [-0.1, -0.05) is 0 Å². The standard InChI is InChI=1S/C22H26N6O2/c1-15-11-20(24-25(15)2)22(30)27-9-7-26(8-10-27)17-5-6-18-19(12-17)23-14-28(21(18)29)13-16-3-4-16/h5-6,11-12,14,16H,3-4,7-10,13H2,1-2H3. The maximum Gasteiger partial charge on any atom is 0.274 e. The summed E-state index contributed by atoms with van der Waals surface area (Å²) in [5, 5.41) is 4.97. The van der Waals surface area contributed by atoms with Crippen molar-refractivity contribution in [1.82, 2.24) is 24.2 Å². The van der Waals surface area contributed by atoms with E-state index in [0.717, 1.165) is 36.5 Å². The maximum absolute atomic E-state index is 12.7. The summed E-state index contributed by atoms with van der Waals surface area (Å²) < 4.78 is 3.47. The molecule has 30 heavy (non-hydrogen) atoms. The molecule has 8 heteroatoms. The van der Waals surface area contributed by atoms with Gasteiger partial charge in [0.2, 0.25) is 0 Å². The number of nitrogens with zero attached hydrogens (tertiary/aromatic N) is 6. The van der Waals surface area contributed by atoms with Crippen LogP contribution in [0, 0.1) is 12.8 Å². The van der Waals surface area contributed by atoms with Crippen LogP contribution < -0.4 is 10.5 Å². The van der Waals surface area contributed by atoms with E-state index in [-0.39, 0.29) is 11.5 Å². The lowest BCUT2D eigenvalue weighted by atomic mass is 10.2. The molecule has 2 fully saturated rings. The Morgan fingerprint density at radius 2 is 1.90 bits per heavy atom. The summed E-state index contributed by atoms with van der Waals surface area (Å²) >= 11 is 0. The van der Waals surface area contributed by atoms with Crippen molar-refractivity contribution in [2.45, 2.75) is 26.3 Å². The number of benzene rings is 1.